The Morgan fingerprint density at radius 1 is 0.960 bits per heavy atom. The van der Waals surface area contributed by atoms with Crippen molar-refractivity contribution >= 4 is 34.2 Å². The number of hydrogen-bond donors (Lipinski definition) is 0. The van der Waals surface area contributed by atoms with Crippen LogP contribution in [0.25, 0.3) is 21.5 Å². The van der Waals surface area contributed by atoms with Crippen molar-refractivity contribution in [1.82, 2.24) is 4.98 Å². The van der Waals surface area contributed by atoms with Gasteiger partial charge in [0.05, 0.1) is 10.9 Å². The highest BCUT2D eigenvalue weighted by molar-refractivity contribution is 7.13. The number of ether oxygens (including phenoxy) is 2. The molecule has 25 heavy (non-hydrogen) atoms. The second-order valence-corrected chi connectivity index (χ2v) is 6.13. The fourth-order valence-corrected chi connectivity index (χ4v) is 3.10. The van der Waals surface area contributed by atoms with E-state index in [1.165, 1.54) is 26.0 Å². The lowest BCUT2D eigenvalue weighted by molar-refractivity contribution is -0.134. The molecule has 0 N–H and O–H groups in total. The van der Waals surface area contributed by atoms with E-state index in [2.05, 4.69) is 4.98 Å². The normalized spacial score (nSPS) is 10.5. The first kappa shape index (κ1) is 16.8. The molecule has 6 nitrogen and oxygen atoms in total. The summed E-state index contributed by atoms with van der Waals surface area (Å²) in [6.07, 6.45) is 0. The van der Waals surface area contributed by atoms with E-state index < -0.39 is 11.9 Å². The summed E-state index contributed by atoms with van der Waals surface area (Å²) in [5.41, 5.74) is 1.17. The first-order valence-corrected chi connectivity index (χ1v) is 8.17. The highest BCUT2D eigenvalue weighted by Gasteiger charge is 2.14. The quantitative estimate of drug-likeness (QED) is 0.530. The molecular formula is C18H13NO5S. The molecule has 1 heterocycles. The second-order valence-electron chi connectivity index (χ2n) is 5.17. The minimum atomic E-state index is -0.551. The van der Waals surface area contributed by atoms with Crippen LogP contribution in [0.5, 0.6) is 11.5 Å². The Morgan fingerprint density at radius 3 is 2.36 bits per heavy atom. The number of fused-ring (bicyclic) bond motifs is 1. The number of esters is 2. The van der Waals surface area contributed by atoms with Gasteiger partial charge < -0.3 is 9.47 Å². The van der Waals surface area contributed by atoms with Crippen LogP contribution in [0.1, 0.15) is 13.8 Å². The van der Waals surface area contributed by atoms with E-state index in [0.717, 1.165) is 11.3 Å². The number of para-hydroxylation sites is 1. The van der Waals surface area contributed by atoms with Crippen LogP contribution in [0, 0.1) is 0 Å². The van der Waals surface area contributed by atoms with Gasteiger partial charge in [-0.1, -0.05) is 23.5 Å². The van der Waals surface area contributed by atoms with Crippen LogP contribution >= 0.6 is 11.3 Å². The Balaban J connectivity index is 2.12. The first-order valence-electron chi connectivity index (χ1n) is 7.35. The van der Waals surface area contributed by atoms with Gasteiger partial charge in [0.25, 0.3) is 0 Å². The zero-order valence-electron chi connectivity index (χ0n) is 13.4. The molecule has 0 aliphatic heterocycles. The summed E-state index contributed by atoms with van der Waals surface area (Å²) in [4.78, 5) is 39.2. The predicted molar refractivity (Wildman–Crippen MR) is 93.9 cm³/mol. The van der Waals surface area contributed by atoms with Crippen LogP contribution in [-0.4, -0.2) is 16.9 Å². The Morgan fingerprint density at radius 2 is 1.64 bits per heavy atom. The number of carbonyl (C=O) groups excluding carboxylic acids is 2. The largest absolute Gasteiger partial charge is 0.423 e. The molecule has 0 fully saturated rings. The Bertz CT molecular complexity index is 1040. The van der Waals surface area contributed by atoms with Gasteiger partial charge >= 0.3 is 11.9 Å². The Kier molecular flexibility index (Phi) is 4.58. The summed E-state index contributed by atoms with van der Waals surface area (Å²) in [6, 6.07) is 11.7. The minimum absolute atomic E-state index is 0.0924. The number of benzene rings is 2. The van der Waals surface area contributed by atoms with Gasteiger partial charge in [-0.15, -0.1) is 0 Å². The lowest BCUT2D eigenvalue weighted by Gasteiger charge is -2.10. The van der Waals surface area contributed by atoms with E-state index in [0.29, 0.717) is 21.5 Å². The van der Waals surface area contributed by atoms with Crippen molar-refractivity contribution in [3.8, 4) is 22.1 Å². The number of carbonyl (C=O) groups is 2. The molecule has 0 spiro atoms. The molecule has 126 valence electrons. The van der Waals surface area contributed by atoms with Crippen LogP contribution < -0.4 is 14.2 Å². The predicted octanol–water partition coefficient (Wildman–Crippen LogP) is 3.17. The molecule has 0 bridgehead atoms. The van der Waals surface area contributed by atoms with Gasteiger partial charge in [0, 0.05) is 19.4 Å². The Labute approximate surface area is 146 Å². The van der Waals surface area contributed by atoms with Gasteiger partial charge in [-0.05, 0) is 30.3 Å². The van der Waals surface area contributed by atoms with Crippen LogP contribution in [0.3, 0.4) is 0 Å². The van der Waals surface area contributed by atoms with Crippen molar-refractivity contribution in [3.05, 3.63) is 52.0 Å². The van der Waals surface area contributed by atoms with Crippen molar-refractivity contribution in [2.24, 2.45) is 0 Å². The molecule has 0 amide bonds. The highest BCUT2D eigenvalue weighted by atomic mass is 32.1. The lowest BCUT2D eigenvalue weighted by atomic mass is 10.2. The zero-order valence-corrected chi connectivity index (χ0v) is 14.3. The standard InChI is InChI=1S/C18H13NO5S/c1-10(20)23-15-8-7-12(9-16(15)24-11(2)21)17-19-14-6-4-3-5-13(14)18(22)25-17/h3-9H,1-2H3. The summed E-state index contributed by atoms with van der Waals surface area (Å²) < 4.78 is 10.0. The molecule has 0 aliphatic rings. The van der Waals surface area contributed by atoms with Gasteiger partial charge in [-0.2, -0.15) is 0 Å². The summed E-state index contributed by atoms with van der Waals surface area (Å²) in [7, 11) is 0. The molecule has 1 aromatic heterocycles. The van der Waals surface area contributed by atoms with E-state index >= 15 is 0 Å². The lowest BCUT2D eigenvalue weighted by Crippen LogP contribution is -2.07. The van der Waals surface area contributed by atoms with E-state index in [9.17, 15) is 14.4 Å². The molecule has 7 heteroatoms. The SMILES string of the molecule is CC(=O)Oc1ccc(-c2nc3ccccc3c(=O)s2)cc1OC(C)=O. The second kappa shape index (κ2) is 6.82. The smallest absolute Gasteiger partial charge is 0.308 e. The topological polar surface area (TPSA) is 82.6 Å². The number of hydrogen-bond acceptors (Lipinski definition) is 7. The number of rotatable bonds is 3. The van der Waals surface area contributed by atoms with Gasteiger partial charge in [0.2, 0.25) is 4.74 Å². The maximum absolute atomic E-state index is 12.3. The van der Waals surface area contributed by atoms with Gasteiger partial charge in [0.15, 0.2) is 11.5 Å². The molecule has 0 atom stereocenters. The van der Waals surface area contributed by atoms with E-state index in [1.54, 1.807) is 30.3 Å². The average Bonchev–Trinajstić information content (AvgIpc) is 2.55. The third-order valence-electron chi connectivity index (χ3n) is 3.23. The number of nitrogens with zero attached hydrogens (tertiary/aromatic N) is 1. The fourth-order valence-electron chi connectivity index (χ4n) is 2.26. The summed E-state index contributed by atoms with van der Waals surface area (Å²) in [6.45, 7) is 2.50. The van der Waals surface area contributed by atoms with Crippen molar-refractivity contribution in [2.45, 2.75) is 13.8 Å². The fraction of sp³-hybridized carbons (Fsp3) is 0.111. The van der Waals surface area contributed by atoms with Crippen LogP contribution in [0.15, 0.2) is 47.3 Å². The van der Waals surface area contributed by atoms with Crippen molar-refractivity contribution < 1.29 is 19.1 Å². The van der Waals surface area contributed by atoms with Crippen molar-refractivity contribution in [3.63, 3.8) is 0 Å². The molecule has 0 unspecified atom stereocenters. The first-order chi connectivity index (χ1) is 11.9. The van der Waals surface area contributed by atoms with E-state index in [-0.39, 0.29) is 16.2 Å². The summed E-state index contributed by atoms with van der Waals surface area (Å²) >= 11 is 0.992. The molecule has 0 radical (unpaired) electrons. The molecule has 2 aromatic carbocycles. The third kappa shape index (κ3) is 3.72. The molecule has 3 rings (SSSR count). The Hall–Kier alpha value is -3.06. The molecular weight excluding hydrogens is 342 g/mol. The molecule has 3 aromatic rings. The number of aromatic nitrogens is 1. The molecule has 0 aliphatic carbocycles. The highest BCUT2D eigenvalue weighted by Crippen LogP contribution is 2.33. The zero-order chi connectivity index (χ0) is 18.0. The van der Waals surface area contributed by atoms with E-state index in [4.69, 9.17) is 9.47 Å². The van der Waals surface area contributed by atoms with Crippen LogP contribution in [0.2, 0.25) is 0 Å². The minimum Gasteiger partial charge on any atom is -0.423 e. The van der Waals surface area contributed by atoms with Crippen LogP contribution in [-0.2, 0) is 9.59 Å². The maximum Gasteiger partial charge on any atom is 0.308 e. The van der Waals surface area contributed by atoms with Gasteiger partial charge in [-0.25, -0.2) is 4.98 Å². The summed E-state index contributed by atoms with van der Waals surface area (Å²) in [5, 5.41) is 1.03. The monoisotopic (exact) mass is 355 g/mol. The third-order valence-corrected chi connectivity index (χ3v) is 4.16. The van der Waals surface area contributed by atoms with Gasteiger partial charge in [0.1, 0.15) is 5.01 Å². The van der Waals surface area contributed by atoms with E-state index in [1.807, 2.05) is 0 Å². The maximum atomic E-state index is 12.3. The van der Waals surface area contributed by atoms with Crippen molar-refractivity contribution in [2.75, 3.05) is 0 Å². The molecule has 0 saturated heterocycles. The summed E-state index contributed by atoms with van der Waals surface area (Å²) in [5.74, 6) is -0.866. The molecule has 0 saturated carbocycles. The van der Waals surface area contributed by atoms with Crippen LogP contribution in [0.4, 0.5) is 0 Å². The van der Waals surface area contributed by atoms with Gasteiger partial charge in [-0.3, -0.25) is 14.4 Å². The average molecular weight is 355 g/mol. The van der Waals surface area contributed by atoms with Crippen molar-refractivity contribution in [1.29, 1.82) is 0 Å².